The van der Waals surface area contributed by atoms with Gasteiger partial charge in [-0.3, -0.25) is 14.8 Å². The van der Waals surface area contributed by atoms with E-state index in [-0.39, 0.29) is 25.2 Å². The van der Waals surface area contributed by atoms with Gasteiger partial charge in [-0.15, -0.1) is 0 Å². The molecule has 2 aromatic carbocycles. The zero-order valence-corrected chi connectivity index (χ0v) is 17.1. The van der Waals surface area contributed by atoms with Crippen LogP contribution in [0.25, 0.3) is 0 Å². The smallest absolute Gasteiger partial charge is 0.277 e. The lowest BCUT2D eigenvalue weighted by molar-refractivity contribution is -0.386. The van der Waals surface area contributed by atoms with Gasteiger partial charge in [0, 0.05) is 4.47 Å². The summed E-state index contributed by atoms with van der Waals surface area (Å²) in [6.45, 7) is 1.84. The minimum absolute atomic E-state index is 0.0273. The predicted molar refractivity (Wildman–Crippen MR) is 98.2 cm³/mol. The molecule has 6 nitrogen and oxygen atoms in total. The van der Waals surface area contributed by atoms with Crippen LogP contribution in [0.1, 0.15) is 5.56 Å². The molecule has 0 unspecified atom stereocenters. The van der Waals surface area contributed by atoms with E-state index in [0.29, 0.717) is 4.47 Å². The van der Waals surface area contributed by atoms with Gasteiger partial charge in [0.1, 0.15) is 4.47 Å². The summed E-state index contributed by atoms with van der Waals surface area (Å²) < 4.78 is 27.9. The molecular weight excluding hydrogens is 520 g/mol. The summed E-state index contributed by atoms with van der Waals surface area (Å²) in [4.78, 5) is 10.6. The molecule has 0 atom stereocenters. The average molecular weight is 529 g/mol. The molecule has 0 radical (unpaired) electrons. The maximum Gasteiger partial charge on any atom is 0.299 e. The van der Waals surface area contributed by atoms with Gasteiger partial charge in [-0.25, -0.2) is 8.42 Å². The van der Waals surface area contributed by atoms with E-state index in [1.54, 1.807) is 12.1 Å². The Morgan fingerprint density at radius 1 is 1.09 bits per heavy atom. The highest BCUT2D eigenvalue weighted by Crippen LogP contribution is 2.43. The monoisotopic (exact) mass is 526 g/mol. The molecule has 0 aliphatic carbocycles. The SMILES string of the molecule is Cc1ccc(S(=O)(=O)Nc2c(Br)cc(Br)c([N+](=O)[O-])c2Br)cc1. The molecule has 0 amide bonds. The molecule has 0 heterocycles. The van der Waals surface area contributed by atoms with Gasteiger partial charge in [-0.05, 0) is 72.9 Å². The number of nitrogens with one attached hydrogen (secondary N) is 1. The Kier molecular flexibility index (Phi) is 5.49. The number of halogens is 3. The molecule has 2 rings (SSSR count). The van der Waals surface area contributed by atoms with Crippen molar-refractivity contribution in [1.29, 1.82) is 0 Å². The Labute approximate surface area is 157 Å². The fourth-order valence-electron chi connectivity index (χ4n) is 1.75. The Hall–Kier alpha value is -0.970. The molecule has 10 heteroatoms. The van der Waals surface area contributed by atoms with Gasteiger partial charge in [-0.1, -0.05) is 17.7 Å². The summed E-state index contributed by atoms with van der Waals surface area (Å²) in [5.41, 5.74) is 0.709. The summed E-state index contributed by atoms with van der Waals surface area (Å²) in [5, 5.41) is 11.1. The van der Waals surface area contributed by atoms with Crippen molar-refractivity contribution in [3.63, 3.8) is 0 Å². The van der Waals surface area contributed by atoms with Crippen molar-refractivity contribution in [3.8, 4) is 0 Å². The van der Waals surface area contributed by atoms with Gasteiger partial charge in [0.05, 0.1) is 20.0 Å². The van der Waals surface area contributed by atoms with Crippen LogP contribution in [0.4, 0.5) is 11.4 Å². The number of benzene rings is 2. The molecule has 0 saturated carbocycles. The van der Waals surface area contributed by atoms with Crippen LogP contribution in [-0.2, 0) is 10.0 Å². The van der Waals surface area contributed by atoms with E-state index in [1.807, 2.05) is 6.92 Å². The second-order valence-electron chi connectivity index (χ2n) is 4.55. The lowest BCUT2D eigenvalue weighted by Gasteiger charge is -2.13. The van der Waals surface area contributed by atoms with Crippen molar-refractivity contribution in [2.75, 3.05) is 4.72 Å². The number of sulfonamides is 1. The van der Waals surface area contributed by atoms with E-state index in [0.717, 1.165) is 5.56 Å². The highest BCUT2D eigenvalue weighted by Gasteiger charge is 2.26. The van der Waals surface area contributed by atoms with E-state index in [1.165, 1.54) is 18.2 Å². The van der Waals surface area contributed by atoms with Gasteiger partial charge in [0.25, 0.3) is 15.7 Å². The molecule has 23 heavy (non-hydrogen) atoms. The van der Waals surface area contributed by atoms with Crippen molar-refractivity contribution >= 4 is 69.2 Å². The number of hydrogen-bond donors (Lipinski definition) is 1. The van der Waals surface area contributed by atoms with Crippen LogP contribution in [0.3, 0.4) is 0 Å². The highest BCUT2D eigenvalue weighted by atomic mass is 79.9. The fraction of sp³-hybridized carbons (Fsp3) is 0.0769. The first-order valence-electron chi connectivity index (χ1n) is 6.05. The lowest BCUT2D eigenvalue weighted by Crippen LogP contribution is -2.14. The van der Waals surface area contributed by atoms with E-state index >= 15 is 0 Å². The molecule has 0 spiro atoms. The maximum atomic E-state index is 12.4. The third-order valence-electron chi connectivity index (χ3n) is 2.90. The first kappa shape index (κ1) is 18.4. The number of hydrogen-bond acceptors (Lipinski definition) is 4. The van der Waals surface area contributed by atoms with Gasteiger partial charge >= 0.3 is 0 Å². The van der Waals surface area contributed by atoms with Crippen LogP contribution in [-0.4, -0.2) is 13.3 Å². The normalized spacial score (nSPS) is 11.3. The number of nitrogens with zero attached hydrogens (tertiary/aromatic N) is 1. The maximum absolute atomic E-state index is 12.4. The summed E-state index contributed by atoms with van der Waals surface area (Å²) in [6, 6.07) is 7.68. The zero-order chi connectivity index (χ0) is 17.4. The summed E-state index contributed by atoms with van der Waals surface area (Å²) in [6.07, 6.45) is 0. The molecule has 0 saturated heterocycles. The molecule has 1 N–H and O–H groups in total. The van der Waals surface area contributed by atoms with E-state index in [2.05, 4.69) is 52.5 Å². The summed E-state index contributed by atoms with van der Waals surface area (Å²) >= 11 is 9.39. The van der Waals surface area contributed by atoms with Crippen LogP contribution in [0.15, 0.2) is 48.6 Å². The lowest BCUT2D eigenvalue weighted by atomic mass is 10.2. The quantitative estimate of drug-likeness (QED) is 0.447. The van der Waals surface area contributed by atoms with E-state index in [4.69, 9.17) is 0 Å². The fourth-order valence-corrected chi connectivity index (χ4v) is 5.72. The predicted octanol–water partition coefficient (Wildman–Crippen LogP) is 4.99. The van der Waals surface area contributed by atoms with Crippen molar-refractivity contribution in [2.45, 2.75) is 11.8 Å². The molecule has 0 aliphatic rings. The van der Waals surface area contributed by atoms with Gasteiger partial charge < -0.3 is 0 Å². The summed E-state index contributed by atoms with van der Waals surface area (Å²) in [5.74, 6) is 0. The van der Waals surface area contributed by atoms with Crippen molar-refractivity contribution < 1.29 is 13.3 Å². The van der Waals surface area contributed by atoms with Crippen LogP contribution < -0.4 is 4.72 Å². The van der Waals surface area contributed by atoms with Crippen molar-refractivity contribution in [1.82, 2.24) is 0 Å². The van der Waals surface area contributed by atoms with E-state index in [9.17, 15) is 18.5 Å². The average Bonchev–Trinajstić information content (AvgIpc) is 2.43. The van der Waals surface area contributed by atoms with Crippen LogP contribution in [0, 0.1) is 17.0 Å². The van der Waals surface area contributed by atoms with Crippen molar-refractivity contribution in [2.24, 2.45) is 0 Å². The molecule has 0 aromatic heterocycles. The van der Waals surface area contributed by atoms with Crippen LogP contribution >= 0.6 is 47.8 Å². The Morgan fingerprint density at radius 3 is 2.17 bits per heavy atom. The zero-order valence-electron chi connectivity index (χ0n) is 11.5. The molecule has 0 fully saturated rings. The van der Waals surface area contributed by atoms with Crippen LogP contribution in [0.5, 0.6) is 0 Å². The molecule has 0 bridgehead atoms. The number of nitro benzene ring substituents is 1. The molecule has 2 aromatic rings. The van der Waals surface area contributed by atoms with Crippen LogP contribution in [0.2, 0.25) is 0 Å². The van der Waals surface area contributed by atoms with Crippen molar-refractivity contribution in [3.05, 3.63) is 59.4 Å². The Balaban J connectivity index is 2.53. The minimum atomic E-state index is -3.88. The molecule has 122 valence electrons. The molecule has 0 aliphatic heterocycles. The van der Waals surface area contributed by atoms with Gasteiger partial charge in [-0.2, -0.15) is 0 Å². The topological polar surface area (TPSA) is 89.3 Å². The second-order valence-corrected chi connectivity index (χ2v) is 8.74. The van der Waals surface area contributed by atoms with Gasteiger partial charge in [0.2, 0.25) is 0 Å². The Morgan fingerprint density at radius 2 is 1.65 bits per heavy atom. The Bertz CT molecular complexity index is 883. The first-order chi connectivity index (χ1) is 10.6. The molecular formula is C13H9Br3N2O4S. The number of nitro groups is 1. The third kappa shape index (κ3) is 3.93. The first-order valence-corrected chi connectivity index (χ1v) is 9.91. The van der Waals surface area contributed by atoms with Gasteiger partial charge in [0.15, 0.2) is 0 Å². The minimum Gasteiger partial charge on any atom is -0.277 e. The third-order valence-corrected chi connectivity index (χ3v) is 6.26. The van der Waals surface area contributed by atoms with E-state index < -0.39 is 14.9 Å². The largest absolute Gasteiger partial charge is 0.299 e. The number of aryl methyl sites for hydroxylation is 1. The standard InChI is InChI=1S/C13H9Br3N2O4S/c1-7-2-4-8(5-3-7)23(21,22)17-12-9(14)6-10(15)13(11(12)16)18(19)20/h2-6,17H,1H3. The number of anilines is 1. The highest BCUT2D eigenvalue weighted by molar-refractivity contribution is 9.11. The second kappa shape index (κ2) is 6.88. The number of rotatable bonds is 4. The summed E-state index contributed by atoms with van der Waals surface area (Å²) in [7, 11) is -3.88.